The van der Waals surface area contributed by atoms with E-state index in [2.05, 4.69) is 26.7 Å². The molecule has 1 heterocycles. The molecule has 124 valence electrons. The number of anilines is 4. The first kappa shape index (κ1) is 17.0. The summed E-state index contributed by atoms with van der Waals surface area (Å²) in [5, 5.41) is 16.4. The number of benzene rings is 2. The van der Waals surface area contributed by atoms with Crippen LogP contribution in [0.15, 0.2) is 48.5 Å². The third-order valence-electron chi connectivity index (χ3n) is 3.34. The molecule has 2 aromatic carbocycles. The quantitative estimate of drug-likeness (QED) is 0.639. The Morgan fingerprint density at radius 2 is 1.76 bits per heavy atom. The van der Waals surface area contributed by atoms with Crippen molar-refractivity contribution in [2.75, 3.05) is 10.6 Å². The van der Waals surface area contributed by atoms with Crippen LogP contribution in [0.5, 0.6) is 0 Å². The number of nitrogens with zero attached hydrogens (tertiary/aromatic N) is 3. The third-order valence-corrected chi connectivity index (χ3v) is 4.08. The molecule has 0 atom stereocenters. The number of nitrogens with one attached hydrogen (secondary N) is 2. The largest absolute Gasteiger partial charge is 0.340 e. The van der Waals surface area contributed by atoms with Crippen LogP contribution in [-0.2, 0) is 0 Å². The van der Waals surface area contributed by atoms with E-state index in [0.29, 0.717) is 33.1 Å². The predicted octanol–water partition coefficient (Wildman–Crippen LogP) is 5.45. The Morgan fingerprint density at radius 3 is 2.52 bits per heavy atom. The molecular weight excluding hydrogens is 357 g/mol. The lowest BCUT2D eigenvalue weighted by Crippen LogP contribution is -2.03. The molecule has 0 spiro atoms. The zero-order chi connectivity index (χ0) is 17.8. The fourth-order valence-corrected chi connectivity index (χ4v) is 2.52. The number of nitriles is 1. The van der Waals surface area contributed by atoms with E-state index in [1.54, 1.807) is 30.3 Å². The van der Waals surface area contributed by atoms with Gasteiger partial charge in [-0.05, 0) is 37.3 Å². The van der Waals surface area contributed by atoms with Gasteiger partial charge in [0.05, 0.1) is 21.3 Å². The molecule has 5 nitrogen and oxygen atoms in total. The van der Waals surface area contributed by atoms with Gasteiger partial charge < -0.3 is 10.6 Å². The normalized spacial score (nSPS) is 10.2. The van der Waals surface area contributed by atoms with E-state index in [9.17, 15) is 5.26 Å². The monoisotopic (exact) mass is 369 g/mol. The summed E-state index contributed by atoms with van der Waals surface area (Å²) in [6, 6.07) is 16.4. The number of halogens is 2. The number of aromatic nitrogens is 2. The van der Waals surface area contributed by atoms with Crippen LogP contribution in [0.4, 0.5) is 23.1 Å². The fraction of sp³-hybridized carbons (Fsp3) is 0.0556. The minimum atomic E-state index is 0.394. The second-order valence-electron chi connectivity index (χ2n) is 5.25. The maximum atomic E-state index is 9.18. The molecule has 25 heavy (non-hydrogen) atoms. The second-order valence-corrected chi connectivity index (χ2v) is 6.07. The molecule has 3 aromatic rings. The lowest BCUT2D eigenvalue weighted by molar-refractivity contribution is 1.11. The minimum absolute atomic E-state index is 0.394. The Balaban J connectivity index is 1.88. The van der Waals surface area contributed by atoms with Gasteiger partial charge in [-0.25, -0.2) is 4.98 Å². The first-order valence-electron chi connectivity index (χ1n) is 7.39. The topological polar surface area (TPSA) is 73.6 Å². The summed E-state index contributed by atoms with van der Waals surface area (Å²) in [6.45, 7) is 1.86. The Kier molecular flexibility index (Phi) is 5.03. The van der Waals surface area contributed by atoms with Gasteiger partial charge in [0, 0.05) is 17.4 Å². The summed E-state index contributed by atoms with van der Waals surface area (Å²) in [7, 11) is 0. The van der Waals surface area contributed by atoms with Gasteiger partial charge in [0.2, 0.25) is 5.95 Å². The number of rotatable bonds is 4. The molecule has 0 aliphatic carbocycles. The van der Waals surface area contributed by atoms with Crippen LogP contribution in [0.2, 0.25) is 10.0 Å². The zero-order valence-electron chi connectivity index (χ0n) is 13.2. The summed E-state index contributed by atoms with van der Waals surface area (Å²) < 4.78 is 0. The Hall–Kier alpha value is -2.81. The van der Waals surface area contributed by atoms with Crippen LogP contribution in [0, 0.1) is 18.3 Å². The lowest BCUT2D eigenvalue weighted by Gasteiger charge is -2.11. The van der Waals surface area contributed by atoms with E-state index >= 15 is 0 Å². The van der Waals surface area contributed by atoms with Crippen molar-refractivity contribution >= 4 is 46.3 Å². The number of para-hydroxylation sites is 1. The van der Waals surface area contributed by atoms with Gasteiger partial charge in [-0.2, -0.15) is 10.2 Å². The molecule has 0 amide bonds. The van der Waals surface area contributed by atoms with Gasteiger partial charge in [-0.3, -0.25) is 0 Å². The van der Waals surface area contributed by atoms with Gasteiger partial charge in [-0.1, -0.05) is 35.3 Å². The summed E-state index contributed by atoms with van der Waals surface area (Å²) in [4.78, 5) is 8.79. The second kappa shape index (κ2) is 7.39. The van der Waals surface area contributed by atoms with E-state index in [0.717, 1.165) is 11.4 Å². The molecule has 0 bridgehead atoms. The van der Waals surface area contributed by atoms with E-state index in [1.807, 2.05) is 25.1 Å². The predicted molar refractivity (Wildman–Crippen MR) is 101 cm³/mol. The molecule has 0 aliphatic rings. The molecule has 2 N–H and O–H groups in total. The maximum Gasteiger partial charge on any atom is 0.229 e. The van der Waals surface area contributed by atoms with E-state index in [1.165, 1.54) is 0 Å². The molecule has 0 aliphatic heterocycles. The van der Waals surface area contributed by atoms with E-state index in [4.69, 9.17) is 23.2 Å². The number of hydrogen-bond acceptors (Lipinski definition) is 5. The number of aryl methyl sites for hydroxylation is 1. The molecule has 0 fully saturated rings. The Morgan fingerprint density at radius 1 is 0.960 bits per heavy atom. The van der Waals surface area contributed by atoms with Crippen LogP contribution in [0.3, 0.4) is 0 Å². The van der Waals surface area contributed by atoms with Gasteiger partial charge in [-0.15, -0.1) is 0 Å². The van der Waals surface area contributed by atoms with E-state index < -0.39 is 0 Å². The highest BCUT2D eigenvalue weighted by atomic mass is 35.5. The van der Waals surface area contributed by atoms with Crippen LogP contribution in [0.25, 0.3) is 0 Å². The molecule has 1 aromatic heterocycles. The zero-order valence-corrected chi connectivity index (χ0v) is 14.7. The first-order chi connectivity index (χ1) is 12.0. The highest BCUT2D eigenvalue weighted by molar-refractivity contribution is 6.42. The average Bonchev–Trinajstić information content (AvgIpc) is 2.58. The molecule has 0 unspecified atom stereocenters. The molecule has 0 saturated heterocycles. The number of hydrogen-bond donors (Lipinski definition) is 2. The standard InChI is InChI=1S/C18H13Cl2N5/c1-11-8-17(23-13-6-7-14(19)15(20)9-13)25-18(22-11)24-16-5-3-2-4-12(16)10-21/h2-9H,1H3,(H2,22,23,24,25). The van der Waals surface area contributed by atoms with Gasteiger partial charge in [0.15, 0.2) is 0 Å². The van der Waals surface area contributed by atoms with E-state index in [-0.39, 0.29) is 0 Å². The van der Waals surface area contributed by atoms with Crippen molar-refractivity contribution in [2.45, 2.75) is 6.92 Å². The summed E-state index contributed by atoms with van der Waals surface area (Å²) >= 11 is 12.0. The van der Waals surface area contributed by atoms with Crippen LogP contribution in [-0.4, -0.2) is 9.97 Å². The lowest BCUT2D eigenvalue weighted by atomic mass is 10.2. The fourth-order valence-electron chi connectivity index (χ4n) is 2.22. The first-order valence-corrected chi connectivity index (χ1v) is 8.14. The summed E-state index contributed by atoms with van der Waals surface area (Å²) in [5.41, 5.74) is 2.70. The Bertz CT molecular complexity index is 966. The molecule has 7 heteroatoms. The van der Waals surface area contributed by atoms with Crippen molar-refractivity contribution in [3.05, 3.63) is 69.8 Å². The van der Waals surface area contributed by atoms with Gasteiger partial charge in [0.25, 0.3) is 0 Å². The van der Waals surface area contributed by atoms with Crippen LogP contribution in [0.1, 0.15) is 11.3 Å². The maximum absolute atomic E-state index is 9.18. The van der Waals surface area contributed by atoms with Crippen molar-refractivity contribution in [3.8, 4) is 6.07 Å². The van der Waals surface area contributed by atoms with Crippen molar-refractivity contribution < 1.29 is 0 Å². The summed E-state index contributed by atoms with van der Waals surface area (Å²) in [6.07, 6.45) is 0. The summed E-state index contributed by atoms with van der Waals surface area (Å²) in [5.74, 6) is 0.994. The van der Waals surface area contributed by atoms with Crippen molar-refractivity contribution in [3.63, 3.8) is 0 Å². The van der Waals surface area contributed by atoms with Crippen LogP contribution < -0.4 is 10.6 Å². The SMILES string of the molecule is Cc1cc(Nc2ccc(Cl)c(Cl)c2)nc(Nc2ccccc2C#N)n1. The van der Waals surface area contributed by atoms with Gasteiger partial charge in [0.1, 0.15) is 11.9 Å². The minimum Gasteiger partial charge on any atom is -0.340 e. The van der Waals surface area contributed by atoms with Crippen molar-refractivity contribution in [1.29, 1.82) is 5.26 Å². The third kappa shape index (κ3) is 4.18. The average molecular weight is 370 g/mol. The highest BCUT2D eigenvalue weighted by Crippen LogP contribution is 2.27. The molecule has 0 radical (unpaired) electrons. The Labute approximate surface area is 155 Å². The van der Waals surface area contributed by atoms with Gasteiger partial charge >= 0.3 is 0 Å². The van der Waals surface area contributed by atoms with Crippen molar-refractivity contribution in [1.82, 2.24) is 9.97 Å². The smallest absolute Gasteiger partial charge is 0.229 e. The molecular formula is C18H13Cl2N5. The van der Waals surface area contributed by atoms with Crippen molar-refractivity contribution in [2.24, 2.45) is 0 Å². The highest BCUT2D eigenvalue weighted by Gasteiger charge is 2.07. The van der Waals surface area contributed by atoms with Crippen LogP contribution >= 0.6 is 23.2 Å². The molecule has 0 saturated carbocycles. The molecule has 3 rings (SSSR count).